The predicted molar refractivity (Wildman–Crippen MR) is 110 cm³/mol. The average Bonchev–Trinajstić information content (AvgIpc) is 2.53. The number of allylic oxidation sites excluding steroid dienone is 1. The van der Waals surface area contributed by atoms with E-state index in [2.05, 4.69) is 69.0 Å². The molecule has 0 N–H and O–H groups in total. The lowest BCUT2D eigenvalue weighted by Crippen LogP contribution is -2.15. The van der Waals surface area contributed by atoms with Crippen LogP contribution in [0.3, 0.4) is 0 Å². The molecule has 0 aromatic heterocycles. The second kappa shape index (κ2) is 8.82. The molecule has 0 spiro atoms. The van der Waals surface area contributed by atoms with Crippen molar-refractivity contribution in [1.29, 1.82) is 0 Å². The molecule has 127 valence electrons. The number of hydrogen-bond acceptors (Lipinski definition) is 1. The van der Waals surface area contributed by atoms with E-state index in [0.29, 0.717) is 6.42 Å². The van der Waals surface area contributed by atoms with Crippen molar-refractivity contribution in [2.75, 3.05) is 0 Å². The van der Waals surface area contributed by atoms with Crippen molar-refractivity contribution in [3.05, 3.63) is 59.7 Å². The van der Waals surface area contributed by atoms with Gasteiger partial charge < -0.3 is 0 Å². The zero-order chi connectivity index (χ0) is 18.3. The summed E-state index contributed by atoms with van der Waals surface area (Å²) in [7, 11) is 1.89. The van der Waals surface area contributed by atoms with Crippen molar-refractivity contribution in [2.45, 2.75) is 59.7 Å². The van der Waals surface area contributed by atoms with Gasteiger partial charge in [0.05, 0.1) is 0 Å². The largest absolute Gasteiger partial charge is 0.249 e. The molecular weight excluding hydrogens is 291 g/mol. The van der Waals surface area contributed by atoms with E-state index in [1.54, 1.807) is 6.08 Å². The lowest BCUT2D eigenvalue weighted by molar-refractivity contribution is 0.582. The lowest BCUT2D eigenvalue weighted by atomic mass is 9.79. The summed E-state index contributed by atoms with van der Waals surface area (Å²) in [5.41, 5.74) is 5.74. The molecule has 0 bridgehead atoms. The van der Waals surface area contributed by atoms with Gasteiger partial charge in [-0.25, -0.2) is 9.98 Å². The molecule has 0 amide bonds. The highest BCUT2D eigenvalue weighted by Crippen LogP contribution is 2.27. The molecule has 0 saturated carbocycles. The van der Waals surface area contributed by atoms with E-state index in [1.807, 2.05) is 21.0 Å². The fourth-order valence-electron chi connectivity index (χ4n) is 2.51. The van der Waals surface area contributed by atoms with Gasteiger partial charge in [0.2, 0.25) is 0 Å². The monoisotopic (exact) mass is 321 g/mol. The normalized spacial score (nSPS) is 12.9. The van der Waals surface area contributed by atoms with Gasteiger partial charge in [-0.05, 0) is 47.1 Å². The zero-order valence-corrected chi connectivity index (χ0v) is 16.1. The molecule has 1 aromatic rings. The summed E-state index contributed by atoms with van der Waals surface area (Å²) in [4.78, 5) is 9.12. The van der Waals surface area contributed by atoms with Crippen LogP contribution in [-0.2, 0) is 18.3 Å². The third kappa shape index (κ3) is 5.95. The van der Waals surface area contributed by atoms with E-state index in [4.69, 9.17) is 0 Å². The molecule has 1 aromatic carbocycles. The van der Waals surface area contributed by atoms with Crippen molar-refractivity contribution >= 4 is 18.8 Å². The number of benzene rings is 1. The molecule has 0 atom stereocenters. The Hall–Kier alpha value is -1.90. The summed E-state index contributed by atoms with van der Waals surface area (Å²) in [5, 5.41) is 0. The topological polar surface area (TPSA) is 24.7 Å². The zero-order valence-electron chi connectivity index (χ0n) is 16.1. The van der Waals surface area contributed by atoms with E-state index in [0.717, 1.165) is 23.6 Å². The van der Waals surface area contributed by atoms with Crippen molar-refractivity contribution < 1.29 is 0 Å². The first-order valence-corrected chi connectivity index (χ1v) is 8.57. The van der Waals surface area contributed by atoms with Crippen LogP contribution in [-0.4, -0.2) is 18.8 Å². The first-order valence-electron chi connectivity index (χ1n) is 8.57. The van der Waals surface area contributed by atoms with Crippen LogP contribution in [0, 0.1) is 0 Å². The third-order valence-corrected chi connectivity index (χ3v) is 3.93. The summed E-state index contributed by atoms with van der Waals surface area (Å²) in [6, 6.07) is 6.71. The number of aryl methyl sites for hydroxylation is 1. The van der Waals surface area contributed by atoms with Crippen molar-refractivity contribution in [2.24, 2.45) is 9.98 Å². The molecule has 1 radical (unpaired) electrons. The van der Waals surface area contributed by atoms with Crippen molar-refractivity contribution in [3.63, 3.8) is 0 Å². The van der Waals surface area contributed by atoms with E-state index in [1.165, 1.54) is 16.7 Å². The van der Waals surface area contributed by atoms with Crippen LogP contribution in [0.4, 0.5) is 0 Å². The maximum absolute atomic E-state index is 4.58. The highest BCUT2D eigenvalue weighted by molar-refractivity contribution is 6.43. The Bertz CT molecular complexity index is 661. The molecule has 24 heavy (non-hydrogen) atoms. The van der Waals surface area contributed by atoms with Crippen LogP contribution in [0.15, 0.2) is 53.0 Å². The van der Waals surface area contributed by atoms with E-state index >= 15 is 0 Å². The van der Waals surface area contributed by atoms with Crippen molar-refractivity contribution in [3.8, 4) is 0 Å². The highest BCUT2D eigenvalue weighted by Gasteiger charge is 2.18. The molecule has 0 fully saturated rings. The molecule has 1 rings (SSSR count). The maximum Gasteiger partial charge on any atom is 0.173 e. The Kier molecular flexibility index (Phi) is 7.40. The number of aliphatic imine (C=N–C) groups is 2. The summed E-state index contributed by atoms with van der Waals surface area (Å²) in [5.74, 6) is 0.764. The number of hydrogen-bond donors (Lipinski definition) is 0. The Morgan fingerprint density at radius 1 is 1.25 bits per heavy atom. The minimum absolute atomic E-state index is 0.125. The van der Waals surface area contributed by atoms with Gasteiger partial charge in [-0.3, -0.25) is 0 Å². The average molecular weight is 321 g/mol. The van der Waals surface area contributed by atoms with Gasteiger partial charge >= 0.3 is 0 Å². The highest BCUT2D eigenvalue weighted by atomic mass is 14.9. The van der Waals surface area contributed by atoms with Gasteiger partial charge in [0, 0.05) is 12.1 Å². The number of rotatable bonds is 6. The molecule has 0 aliphatic carbocycles. The smallest absolute Gasteiger partial charge is 0.173 e. The molecular formula is C21H30BN2. The SMILES string of the molecule is C=CC(C)=NC(Cc1ccc(CC)c(C(C)(C)C)c1)=NC(=C)[B]C. The predicted octanol–water partition coefficient (Wildman–Crippen LogP) is 5.36. The van der Waals surface area contributed by atoms with Gasteiger partial charge in [-0.1, -0.05) is 65.9 Å². The first kappa shape index (κ1) is 20.2. The molecule has 0 aliphatic rings. The van der Waals surface area contributed by atoms with Gasteiger partial charge in [0.15, 0.2) is 7.28 Å². The van der Waals surface area contributed by atoms with E-state index in [-0.39, 0.29) is 5.41 Å². The fourth-order valence-corrected chi connectivity index (χ4v) is 2.51. The third-order valence-electron chi connectivity index (χ3n) is 3.93. The van der Waals surface area contributed by atoms with Crippen molar-refractivity contribution in [1.82, 2.24) is 0 Å². The van der Waals surface area contributed by atoms with Gasteiger partial charge in [0.1, 0.15) is 5.84 Å². The standard InChI is InChI=1S/C21H30BN2/c1-9-15(3)23-20(24-16(4)22-8)14-17-11-12-18(10-2)19(13-17)21(5,6)7/h9,11-13H,1,4,10,14H2,2-3,5-8H3. The fraction of sp³-hybridized carbons (Fsp3) is 0.429. The summed E-state index contributed by atoms with van der Waals surface area (Å²) >= 11 is 0. The summed E-state index contributed by atoms with van der Waals surface area (Å²) in [6.07, 6.45) is 3.48. The Balaban J connectivity index is 3.26. The minimum atomic E-state index is 0.125. The number of nitrogens with zero attached hydrogens (tertiary/aromatic N) is 2. The Morgan fingerprint density at radius 3 is 2.42 bits per heavy atom. The molecule has 2 nitrogen and oxygen atoms in total. The second-order valence-corrected chi connectivity index (χ2v) is 7.04. The van der Waals surface area contributed by atoms with Crippen LogP contribution in [0.1, 0.15) is 51.3 Å². The Labute approximate surface area is 148 Å². The summed E-state index contributed by atoms with van der Waals surface area (Å²) in [6.45, 7) is 20.5. The van der Waals surface area contributed by atoms with Crippen LogP contribution >= 0.6 is 0 Å². The maximum atomic E-state index is 4.58. The number of amidine groups is 1. The van der Waals surface area contributed by atoms with Crippen LogP contribution in [0.2, 0.25) is 6.82 Å². The molecule has 3 heteroatoms. The minimum Gasteiger partial charge on any atom is -0.249 e. The quantitative estimate of drug-likeness (QED) is 0.383. The molecule has 0 aliphatic heterocycles. The Morgan fingerprint density at radius 2 is 1.92 bits per heavy atom. The van der Waals surface area contributed by atoms with Gasteiger partial charge in [0.25, 0.3) is 0 Å². The molecule has 0 unspecified atom stereocenters. The molecule has 0 heterocycles. The first-order chi connectivity index (χ1) is 11.2. The van der Waals surface area contributed by atoms with Crippen LogP contribution < -0.4 is 0 Å². The van der Waals surface area contributed by atoms with E-state index in [9.17, 15) is 0 Å². The molecule has 0 saturated heterocycles. The lowest BCUT2D eigenvalue weighted by Gasteiger charge is -2.23. The van der Waals surface area contributed by atoms with E-state index < -0.39 is 0 Å². The van der Waals surface area contributed by atoms with Crippen LogP contribution in [0.25, 0.3) is 0 Å². The van der Waals surface area contributed by atoms with Gasteiger partial charge in [-0.15, -0.1) is 0 Å². The second-order valence-electron chi connectivity index (χ2n) is 7.04. The van der Waals surface area contributed by atoms with Crippen LogP contribution in [0.5, 0.6) is 0 Å². The summed E-state index contributed by atoms with van der Waals surface area (Å²) < 4.78 is 0. The van der Waals surface area contributed by atoms with Gasteiger partial charge in [-0.2, -0.15) is 0 Å².